The molecule has 0 unspecified atom stereocenters. The molecule has 1 amide bonds. The third kappa shape index (κ3) is 5.23. The minimum Gasteiger partial charge on any atom is -0.390 e. The summed E-state index contributed by atoms with van der Waals surface area (Å²) >= 11 is 0. The van der Waals surface area contributed by atoms with E-state index in [4.69, 9.17) is 0 Å². The van der Waals surface area contributed by atoms with Crippen molar-refractivity contribution in [1.82, 2.24) is 9.47 Å². The molecule has 186 valence electrons. The second-order valence-corrected chi connectivity index (χ2v) is 9.01. The molecule has 0 bridgehead atoms. The van der Waals surface area contributed by atoms with Crippen LogP contribution < -0.4 is 10.9 Å². The maximum absolute atomic E-state index is 13.9. The Morgan fingerprint density at radius 2 is 1.89 bits per heavy atom. The van der Waals surface area contributed by atoms with Crippen LogP contribution in [0.5, 0.6) is 0 Å². The van der Waals surface area contributed by atoms with Gasteiger partial charge >= 0.3 is 6.18 Å². The van der Waals surface area contributed by atoms with E-state index in [0.29, 0.717) is 53.8 Å². The second kappa shape index (κ2) is 9.43. The Morgan fingerprint density at radius 1 is 1.17 bits per heavy atom. The van der Waals surface area contributed by atoms with Crippen LogP contribution in [0.3, 0.4) is 0 Å². The zero-order valence-electron chi connectivity index (χ0n) is 19.2. The molecule has 35 heavy (non-hydrogen) atoms. The topological polar surface area (TPSA) is 74.6 Å². The minimum atomic E-state index is -4.81. The predicted molar refractivity (Wildman–Crippen MR) is 124 cm³/mol. The number of pyridine rings is 1. The fourth-order valence-electron chi connectivity index (χ4n) is 4.38. The molecule has 0 radical (unpaired) electrons. The van der Waals surface area contributed by atoms with Gasteiger partial charge in [-0.25, -0.2) is 4.39 Å². The number of aliphatic hydroxyl groups is 1. The quantitative estimate of drug-likeness (QED) is 0.514. The van der Waals surface area contributed by atoms with E-state index in [-0.39, 0.29) is 29.7 Å². The van der Waals surface area contributed by atoms with Crippen molar-refractivity contribution in [3.8, 4) is 0 Å². The van der Waals surface area contributed by atoms with Gasteiger partial charge in [-0.1, -0.05) is 12.1 Å². The summed E-state index contributed by atoms with van der Waals surface area (Å²) in [6, 6.07) is 7.38. The summed E-state index contributed by atoms with van der Waals surface area (Å²) < 4.78 is 53.8. The molecule has 1 fully saturated rings. The van der Waals surface area contributed by atoms with Gasteiger partial charge < -0.3 is 15.0 Å². The number of β-amino-alcohol motifs (C(OH)–C–C–N with tert-alkyl or cyclic N) is 1. The molecule has 1 aliphatic heterocycles. The lowest BCUT2D eigenvalue weighted by Gasteiger charge is -2.37. The monoisotopic (exact) mass is 491 g/mol. The number of nitrogens with zero attached hydrogens (tertiary/aromatic N) is 2. The van der Waals surface area contributed by atoms with Gasteiger partial charge in [0.05, 0.1) is 23.8 Å². The van der Waals surface area contributed by atoms with Crippen molar-refractivity contribution in [2.45, 2.75) is 38.6 Å². The van der Waals surface area contributed by atoms with E-state index in [1.165, 1.54) is 0 Å². The van der Waals surface area contributed by atoms with Crippen molar-refractivity contribution in [3.63, 3.8) is 0 Å². The highest BCUT2D eigenvalue weighted by molar-refractivity contribution is 6.03. The fourth-order valence-corrected chi connectivity index (χ4v) is 4.38. The van der Waals surface area contributed by atoms with E-state index in [2.05, 4.69) is 10.2 Å². The molecule has 1 aliphatic rings. The standard InChI is InChI=1S/C25H25F4N3O3/c1-14-3-5-19-18(7-8-32(24(19)35)15(2)11-31-12-17(33)13-31)23(14)30-22(34)10-16-4-6-20(21(26)9-16)25(27,28)29/h3-9,15,17,33H,10-13H2,1-2H3,(H,30,34)/t15-/m1/s1. The molecule has 1 saturated heterocycles. The first-order valence-corrected chi connectivity index (χ1v) is 11.1. The Bertz CT molecular complexity index is 1330. The molecule has 10 heteroatoms. The van der Waals surface area contributed by atoms with Gasteiger partial charge in [0, 0.05) is 42.6 Å². The largest absolute Gasteiger partial charge is 0.419 e. The highest BCUT2D eigenvalue weighted by Crippen LogP contribution is 2.32. The molecule has 2 aromatic carbocycles. The predicted octanol–water partition coefficient (Wildman–Crippen LogP) is 3.89. The highest BCUT2D eigenvalue weighted by Gasteiger charge is 2.34. The first-order chi connectivity index (χ1) is 16.4. The van der Waals surface area contributed by atoms with Gasteiger partial charge in [-0.15, -0.1) is 0 Å². The van der Waals surface area contributed by atoms with Crippen LogP contribution >= 0.6 is 0 Å². The van der Waals surface area contributed by atoms with Gasteiger partial charge in [0.15, 0.2) is 0 Å². The molecule has 2 heterocycles. The Balaban J connectivity index is 1.55. The first kappa shape index (κ1) is 24.9. The molecule has 0 aliphatic carbocycles. The van der Waals surface area contributed by atoms with E-state index in [0.717, 1.165) is 6.07 Å². The van der Waals surface area contributed by atoms with E-state index in [9.17, 15) is 32.3 Å². The number of rotatable bonds is 6. The number of fused-ring (bicyclic) bond motifs is 1. The van der Waals surface area contributed by atoms with Crippen molar-refractivity contribution >= 4 is 22.4 Å². The fraction of sp³-hybridized carbons (Fsp3) is 0.360. The van der Waals surface area contributed by atoms with Crippen molar-refractivity contribution in [3.05, 3.63) is 75.5 Å². The average molecular weight is 491 g/mol. The van der Waals surface area contributed by atoms with Crippen LogP contribution in [0.25, 0.3) is 10.8 Å². The minimum absolute atomic E-state index is 0.0955. The number of likely N-dealkylation sites (tertiary alicyclic amines) is 1. The van der Waals surface area contributed by atoms with E-state index < -0.39 is 23.5 Å². The lowest BCUT2D eigenvalue weighted by molar-refractivity contribution is -0.140. The third-order valence-corrected chi connectivity index (χ3v) is 6.22. The zero-order valence-corrected chi connectivity index (χ0v) is 19.2. The SMILES string of the molecule is Cc1ccc2c(=O)n([C@H](C)CN3CC(O)C3)ccc2c1NC(=O)Cc1ccc(C(F)(F)F)c(F)c1. The molecule has 6 nitrogen and oxygen atoms in total. The van der Waals surface area contributed by atoms with Crippen LogP contribution in [0.2, 0.25) is 0 Å². The molecular weight excluding hydrogens is 466 g/mol. The first-order valence-electron chi connectivity index (χ1n) is 11.1. The van der Waals surface area contributed by atoms with Crippen molar-refractivity contribution < 1.29 is 27.5 Å². The molecule has 2 N–H and O–H groups in total. The number of anilines is 1. The molecule has 0 saturated carbocycles. The number of halogens is 4. The Labute approximate surface area is 198 Å². The van der Waals surface area contributed by atoms with Gasteiger partial charge in [0.25, 0.3) is 5.56 Å². The van der Waals surface area contributed by atoms with Crippen LogP contribution in [0.15, 0.2) is 47.4 Å². The Hall–Kier alpha value is -3.24. The summed E-state index contributed by atoms with van der Waals surface area (Å²) in [5.74, 6) is -1.99. The smallest absolute Gasteiger partial charge is 0.390 e. The average Bonchev–Trinajstić information content (AvgIpc) is 2.74. The summed E-state index contributed by atoms with van der Waals surface area (Å²) in [4.78, 5) is 27.9. The summed E-state index contributed by atoms with van der Waals surface area (Å²) in [6.45, 7) is 5.44. The zero-order chi connectivity index (χ0) is 25.5. The molecular formula is C25H25F4N3O3. The maximum Gasteiger partial charge on any atom is 0.419 e. The van der Waals surface area contributed by atoms with E-state index >= 15 is 0 Å². The number of nitrogens with one attached hydrogen (secondary N) is 1. The Kier molecular flexibility index (Phi) is 6.70. The van der Waals surface area contributed by atoms with Crippen LogP contribution in [-0.4, -0.2) is 46.2 Å². The van der Waals surface area contributed by atoms with E-state index in [1.807, 2.05) is 6.92 Å². The Morgan fingerprint density at radius 3 is 2.51 bits per heavy atom. The molecule has 0 spiro atoms. The summed E-state index contributed by atoms with van der Waals surface area (Å²) in [6.07, 6.45) is -3.82. The number of hydrogen-bond donors (Lipinski definition) is 2. The molecule has 3 aromatic rings. The third-order valence-electron chi connectivity index (χ3n) is 6.22. The van der Waals surface area contributed by atoms with Crippen molar-refractivity contribution in [1.29, 1.82) is 0 Å². The van der Waals surface area contributed by atoms with Crippen LogP contribution in [-0.2, 0) is 17.4 Å². The van der Waals surface area contributed by atoms with Crippen LogP contribution in [0.1, 0.15) is 29.7 Å². The van der Waals surface area contributed by atoms with E-state index in [1.54, 1.807) is 35.9 Å². The second-order valence-electron chi connectivity index (χ2n) is 9.01. The maximum atomic E-state index is 13.9. The summed E-state index contributed by atoms with van der Waals surface area (Å²) in [5.41, 5.74) is -0.399. The summed E-state index contributed by atoms with van der Waals surface area (Å²) in [7, 11) is 0. The normalized spacial score (nSPS) is 15.7. The van der Waals surface area contributed by atoms with Gasteiger partial charge in [0.1, 0.15) is 5.82 Å². The van der Waals surface area contributed by atoms with Crippen molar-refractivity contribution in [2.24, 2.45) is 0 Å². The highest BCUT2D eigenvalue weighted by atomic mass is 19.4. The molecule has 1 aromatic heterocycles. The number of amides is 1. The van der Waals surface area contributed by atoms with Crippen LogP contribution in [0.4, 0.5) is 23.2 Å². The lowest BCUT2D eigenvalue weighted by Crippen LogP contribution is -2.52. The van der Waals surface area contributed by atoms with Crippen LogP contribution in [0, 0.1) is 12.7 Å². The van der Waals surface area contributed by atoms with Gasteiger partial charge in [0.2, 0.25) is 5.91 Å². The molecule has 4 rings (SSSR count). The number of carbonyl (C=O) groups excluding carboxylic acids is 1. The number of hydrogen-bond acceptors (Lipinski definition) is 4. The van der Waals surface area contributed by atoms with Gasteiger partial charge in [-0.05, 0) is 49.2 Å². The van der Waals surface area contributed by atoms with Gasteiger partial charge in [-0.2, -0.15) is 13.2 Å². The molecule has 1 atom stereocenters. The van der Waals surface area contributed by atoms with Gasteiger partial charge in [-0.3, -0.25) is 14.5 Å². The number of alkyl halides is 3. The number of aromatic nitrogens is 1. The number of aliphatic hydroxyl groups excluding tert-OH is 1. The number of carbonyl (C=O) groups is 1. The number of benzene rings is 2. The number of aryl methyl sites for hydroxylation is 1. The lowest BCUT2D eigenvalue weighted by atomic mass is 10.0. The summed E-state index contributed by atoms with van der Waals surface area (Å²) in [5, 5.41) is 13.1. The van der Waals surface area contributed by atoms with Crippen molar-refractivity contribution in [2.75, 3.05) is 25.0 Å².